The highest BCUT2D eigenvalue weighted by molar-refractivity contribution is 9.10. The fraction of sp³-hybridized carbons (Fsp3) is 0.462. The maximum absolute atomic E-state index is 11.7. The van der Waals surface area contributed by atoms with Gasteiger partial charge in [-0.1, -0.05) is 34.1 Å². The molecule has 2 N–H and O–H groups in total. The first-order chi connectivity index (χ1) is 8.25. The van der Waals surface area contributed by atoms with E-state index in [1.807, 2.05) is 24.3 Å². The molecule has 18 heavy (non-hydrogen) atoms. The second-order valence-corrected chi connectivity index (χ2v) is 5.29. The van der Waals surface area contributed by atoms with Crippen molar-refractivity contribution in [2.75, 3.05) is 13.1 Å². The van der Waals surface area contributed by atoms with Gasteiger partial charge < -0.3 is 10.6 Å². The minimum Gasteiger partial charge on any atom is -0.352 e. The largest absolute Gasteiger partial charge is 0.352 e. The molecule has 0 bridgehead atoms. The highest BCUT2D eigenvalue weighted by Gasteiger charge is 2.17. The lowest BCUT2D eigenvalue weighted by molar-refractivity contribution is -0.122. The van der Waals surface area contributed by atoms with Crippen LogP contribution in [0.1, 0.15) is 18.4 Å². The maximum atomic E-state index is 11.7. The molecule has 1 aromatic rings. The van der Waals surface area contributed by atoms with E-state index in [2.05, 4.69) is 26.6 Å². The van der Waals surface area contributed by atoms with Crippen molar-refractivity contribution >= 4 is 34.2 Å². The molecular formula is C13H18BrClN2O. The van der Waals surface area contributed by atoms with Gasteiger partial charge in [-0.3, -0.25) is 4.79 Å². The molecule has 1 amide bonds. The van der Waals surface area contributed by atoms with E-state index in [1.165, 1.54) is 0 Å². The zero-order valence-corrected chi connectivity index (χ0v) is 12.5. The van der Waals surface area contributed by atoms with Crippen molar-refractivity contribution in [3.63, 3.8) is 0 Å². The van der Waals surface area contributed by atoms with Gasteiger partial charge in [0.25, 0.3) is 0 Å². The minimum atomic E-state index is 0. The van der Waals surface area contributed by atoms with Gasteiger partial charge in [0, 0.05) is 17.4 Å². The Bertz CT molecular complexity index is 394. The van der Waals surface area contributed by atoms with Gasteiger partial charge in [-0.15, -0.1) is 12.4 Å². The fourth-order valence-electron chi connectivity index (χ4n) is 2.06. The van der Waals surface area contributed by atoms with E-state index in [0.29, 0.717) is 18.9 Å². The van der Waals surface area contributed by atoms with Crippen LogP contribution < -0.4 is 10.6 Å². The zero-order chi connectivity index (χ0) is 12.1. The smallest absolute Gasteiger partial charge is 0.220 e. The summed E-state index contributed by atoms with van der Waals surface area (Å²) >= 11 is 3.47. The molecule has 5 heteroatoms. The second kappa shape index (κ2) is 7.77. The molecule has 0 spiro atoms. The Morgan fingerprint density at radius 3 is 2.89 bits per heavy atom. The topological polar surface area (TPSA) is 41.1 Å². The molecule has 0 aromatic heterocycles. The molecule has 0 aliphatic carbocycles. The Kier molecular flexibility index (Phi) is 6.68. The molecule has 1 heterocycles. The summed E-state index contributed by atoms with van der Waals surface area (Å²) in [6.07, 6.45) is 1.75. The van der Waals surface area contributed by atoms with Crippen LogP contribution >= 0.6 is 28.3 Å². The third-order valence-electron chi connectivity index (χ3n) is 3.07. The summed E-state index contributed by atoms with van der Waals surface area (Å²) in [6, 6.07) is 7.95. The van der Waals surface area contributed by atoms with Crippen LogP contribution in [0.2, 0.25) is 0 Å². The molecule has 1 aliphatic rings. The average Bonchev–Trinajstić information content (AvgIpc) is 2.81. The Morgan fingerprint density at radius 2 is 2.22 bits per heavy atom. The molecule has 2 rings (SSSR count). The number of amides is 1. The average molecular weight is 334 g/mol. The zero-order valence-electron chi connectivity index (χ0n) is 10.1. The number of nitrogens with one attached hydrogen (secondary N) is 2. The molecule has 0 saturated carbocycles. The van der Waals surface area contributed by atoms with Crippen molar-refractivity contribution < 1.29 is 4.79 Å². The van der Waals surface area contributed by atoms with E-state index >= 15 is 0 Å². The van der Waals surface area contributed by atoms with Crippen molar-refractivity contribution in [1.82, 2.24) is 10.6 Å². The van der Waals surface area contributed by atoms with Crippen molar-refractivity contribution in [2.45, 2.75) is 19.4 Å². The van der Waals surface area contributed by atoms with Crippen LogP contribution in [0.15, 0.2) is 28.7 Å². The standard InChI is InChI=1S/C13H17BrN2O.ClH/c14-12-4-2-1-3-11(12)9-16-13(17)7-10-5-6-15-8-10;/h1-4,10,15H,5-9H2,(H,16,17);1H. The predicted molar refractivity (Wildman–Crippen MR) is 78.8 cm³/mol. The third-order valence-corrected chi connectivity index (χ3v) is 3.84. The molecule has 100 valence electrons. The maximum Gasteiger partial charge on any atom is 0.220 e. The molecule has 1 unspecified atom stereocenters. The quantitative estimate of drug-likeness (QED) is 0.889. The van der Waals surface area contributed by atoms with Crippen LogP contribution in [-0.4, -0.2) is 19.0 Å². The van der Waals surface area contributed by atoms with Crippen LogP contribution in [0.5, 0.6) is 0 Å². The van der Waals surface area contributed by atoms with E-state index < -0.39 is 0 Å². The van der Waals surface area contributed by atoms with Crippen LogP contribution in [0, 0.1) is 5.92 Å². The third kappa shape index (κ3) is 4.59. The van der Waals surface area contributed by atoms with Gasteiger partial charge in [-0.05, 0) is 37.1 Å². The molecular weight excluding hydrogens is 316 g/mol. The van der Waals surface area contributed by atoms with E-state index in [0.717, 1.165) is 29.5 Å². The van der Waals surface area contributed by atoms with Crippen LogP contribution in [-0.2, 0) is 11.3 Å². The van der Waals surface area contributed by atoms with Crippen molar-refractivity contribution in [2.24, 2.45) is 5.92 Å². The number of carbonyl (C=O) groups is 1. The van der Waals surface area contributed by atoms with E-state index in [-0.39, 0.29) is 18.3 Å². The van der Waals surface area contributed by atoms with Crippen molar-refractivity contribution in [1.29, 1.82) is 0 Å². The second-order valence-electron chi connectivity index (χ2n) is 4.43. The van der Waals surface area contributed by atoms with Gasteiger partial charge in [0.15, 0.2) is 0 Å². The number of benzene rings is 1. The predicted octanol–water partition coefficient (Wildman–Crippen LogP) is 2.49. The molecule has 1 aromatic carbocycles. The first-order valence-electron chi connectivity index (χ1n) is 5.96. The molecule has 1 saturated heterocycles. The fourth-order valence-corrected chi connectivity index (χ4v) is 2.48. The highest BCUT2D eigenvalue weighted by atomic mass is 79.9. The first-order valence-corrected chi connectivity index (χ1v) is 6.76. The Morgan fingerprint density at radius 1 is 1.44 bits per heavy atom. The number of carbonyl (C=O) groups excluding carboxylic acids is 1. The van der Waals surface area contributed by atoms with Gasteiger partial charge in [0.1, 0.15) is 0 Å². The van der Waals surface area contributed by atoms with Gasteiger partial charge >= 0.3 is 0 Å². The van der Waals surface area contributed by atoms with Gasteiger partial charge in [0.2, 0.25) is 5.91 Å². The number of hydrogen-bond acceptors (Lipinski definition) is 2. The van der Waals surface area contributed by atoms with Crippen LogP contribution in [0.3, 0.4) is 0 Å². The van der Waals surface area contributed by atoms with Crippen molar-refractivity contribution in [3.05, 3.63) is 34.3 Å². The number of halogens is 2. The van der Waals surface area contributed by atoms with Gasteiger partial charge in [-0.25, -0.2) is 0 Å². The summed E-state index contributed by atoms with van der Waals surface area (Å²) in [4.78, 5) is 11.7. The first kappa shape index (κ1) is 15.5. The summed E-state index contributed by atoms with van der Waals surface area (Å²) in [6.45, 7) is 2.62. The summed E-state index contributed by atoms with van der Waals surface area (Å²) < 4.78 is 1.04. The molecule has 0 radical (unpaired) electrons. The summed E-state index contributed by atoms with van der Waals surface area (Å²) in [7, 11) is 0. The van der Waals surface area contributed by atoms with Crippen LogP contribution in [0.25, 0.3) is 0 Å². The summed E-state index contributed by atoms with van der Waals surface area (Å²) in [5.41, 5.74) is 1.12. The Hall–Kier alpha value is -0.580. The van der Waals surface area contributed by atoms with E-state index in [9.17, 15) is 4.79 Å². The van der Waals surface area contributed by atoms with E-state index in [1.54, 1.807) is 0 Å². The van der Waals surface area contributed by atoms with E-state index in [4.69, 9.17) is 0 Å². The van der Waals surface area contributed by atoms with Gasteiger partial charge in [-0.2, -0.15) is 0 Å². The molecule has 3 nitrogen and oxygen atoms in total. The lowest BCUT2D eigenvalue weighted by atomic mass is 10.0. The summed E-state index contributed by atoms with van der Waals surface area (Å²) in [5.74, 6) is 0.656. The Balaban J connectivity index is 0.00000162. The number of hydrogen-bond donors (Lipinski definition) is 2. The highest BCUT2D eigenvalue weighted by Crippen LogP contribution is 2.16. The molecule has 1 aliphatic heterocycles. The molecule has 1 fully saturated rings. The normalized spacial score (nSPS) is 18.2. The van der Waals surface area contributed by atoms with Crippen LogP contribution in [0.4, 0.5) is 0 Å². The monoisotopic (exact) mass is 332 g/mol. The minimum absolute atomic E-state index is 0. The Labute approximate surface area is 122 Å². The lowest BCUT2D eigenvalue weighted by Gasteiger charge is -2.10. The lowest BCUT2D eigenvalue weighted by Crippen LogP contribution is -2.26. The van der Waals surface area contributed by atoms with Gasteiger partial charge in [0.05, 0.1) is 0 Å². The van der Waals surface area contributed by atoms with Crippen molar-refractivity contribution in [3.8, 4) is 0 Å². The molecule has 1 atom stereocenters. The summed E-state index contributed by atoms with van der Waals surface area (Å²) in [5, 5.41) is 6.24. The SMILES string of the molecule is Cl.O=C(CC1CCNC1)NCc1ccccc1Br. The number of rotatable bonds is 4.